The Morgan fingerprint density at radius 1 is 1.05 bits per heavy atom. The molecule has 0 aromatic heterocycles. The molecule has 0 aliphatic heterocycles. The van der Waals surface area contributed by atoms with Gasteiger partial charge < -0.3 is 25.3 Å². The van der Waals surface area contributed by atoms with E-state index in [9.17, 15) is 14.4 Å². The number of carbonyl (C=O) groups is 3. The molecule has 22 heavy (non-hydrogen) atoms. The summed E-state index contributed by atoms with van der Waals surface area (Å²) in [5.74, 6) is -1.10. The van der Waals surface area contributed by atoms with Gasteiger partial charge in [-0.05, 0) is 40.0 Å². The molecular formula is C14H26N2O6. The maximum absolute atomic E-state index is 11.7. The third-order valence-electron chi connectivity index (χ3n) is 2.69. The fourth-order valence-electron chi connectivity index (χ4n) is 1.65. The molecule has 8 heteroatoms. The zero-order chi connectivity index (χ0) is 17.3. The minimum atomic E-state index is -0.857. The summed E-state index contributed by atoms with van der Waals surface area (Å²) in [5, 5.41) is 2.45. The van der Waals surface area contributed by atoms with E-state index in [1.54, 1.807) is 20.8 Å². The molecule has 8 nitrogen and oxygen atoms in total. The summed E-state index contributed by atoms with van der Waals surface area (Å²) in [4.78, 5) is 34.5. The summed E-state index contributed by atoms with van der Waals surface area (Å²) in [6.45, 7) is 5.15. The smallest absolute Gasteiger partial charge is 0.408 e. The first kappa shape index (κ1) is 20.2. The standard InChI is InChI=1S/C14H26N2O6/c1-14(2,3)22-13(19)16-10(12(18)21-5)8-6-7-9(15)11(17)20-4/h9-10H,6-8,15H2,1-5H3,(H,16,19)/t9-,10+/m0/s1. The molecule has 0 spiro atoms. The van der Waals surface area contributed by atoms with Gasteiger partial charge in [-0.15, -0.1) is 0 Å². The fraction of sp³-hybridized carbons (Fsp3) is 0.786. The molecule has 0 aromatic carbocycles. The highest BCUT2D eigenvalue weighted by Gasteiger charge is 2.25. The van der Waals surface area contributed by atoms with Crippen molar-refractivity contribution in [2.75, 3.05) is 14.2 Å². The fourth-order valence-corrected chi connectivity index (χ4v) is 1.65. The zero-order valence-electron chi connectivity index (χ0n) is 13.8. The van der Waals surface area contributed by atoms with Crippen LogP contribution in [0.25, 0.3) is 0 Å². The molecule has 0 aliphatic rings. The average molecular weight is 318 g/mol. The molecule has 0 saturated carbocycles. The van der Waals surface area contributed by atoms with Gasteiger partial charge in [-0.25, -0.2) is 9.59 Å². The Balaban J connectivity index is 4.45. The predicted molar refractivity (Wildman–Crippen MR) is 79.0 cm³/mol. The number of carbonyl (C=O) groups excluding carboxylic acids is 3. The molecule has 0 radical (unpaired) electrons. The van der Waals surface area contributed by atoms with E-state index in [-0.39, 0.29) is 6.42 Å². The summed E-state index contributed by atoms with van der Waals surface area (Å²) in [6, 6.07) is -1.62. The van der Waals surface area contributed by atoms with Gasteiger partial charge in [0.25, 0.3) is 0 Å². The van der Waals surface area contributed by atoms with Gasteiger partial charge in [0.2, 0.25) is 0 Å². The first-order chi connectivity index (χ1) is 10.1. The first-order valence-corrected chi connectivity index (χ1v) is 7.01. The van der Waals surface area contributed by atoms with Crippen LogP contribution < -0.4 is 11.1 Å². The van der Waals surface area contributed by atoms with Gasteiger partial charge in [-0.3, -0.25) is 4.79 Å². The van der Waals surface area contributed by atoms with Crippen molar-refractivity contribution in [3.05, 3.63) is 0 Å². The van der Waals surface area contributed by atoms with Crippen molar-refractivity contribution < 1.29 is 28.6 Å². The van der Waals surface area contributed by atoms with Gasteiger partial charge in [0.1, 0.15) is 17.7 Å². The lowest BCUT2D eigenvalue weighted by molar-refractivity contribution is -0.143. The Bertz CT molecular complexity index is 391. The SMILES string of the molecule is COC(=O)[C@@H](N)CCC[C@@H](NC(=O)OC(C)(C)C)C(=O)OC. The summed E-state index contributed by atoms with van der Waals surface area (Å²) in [7, 11) is 2.48. The molecule has 3 N–H and O–H groups in total. The second-order valence-electron chi connectivity index (χ2n) is 5.78. The molecule has 128 valence electrons. The number of nitrogens with one attached hydrogen (secondary N) is 1. The number of ether oxygens (including phenoxy) is 3. The van der Waals surface area contributed by atoms with Crippen molar-refractivity contribution in [1.82, 2.24) is 5.32 Å². The lowest BCUT2D eigenvalue weighted by Gasteiger charge is -2.22. The molecule has 0 unspecified atom stereocenters. The first-order valence-electron chi connectivity index (χ1n) is 7.01. The number of hydrogen-bond donors (Lipinski definition) is 2. The summed E-state index contributed by atoms with van der Waals surface area (Å²) >= 11 is 0. The third kappa shape index (κ3) is 8.46. The van der Waals surface area contributed by atoms with Crippen LogP contribution in [0.5, 0.6) is 0 Å². The maximum atomic E-state index is 11.7. The Hall–Kier alpha value is -1.83. The van der Waals surface area contributed by atoms with Gasteiger partial charge in [0.05, 0.1) is 14.2 Å². The predicted octanol–water partition coefficient (Wildman–Crippen LogP) is 0.723. The van der Waals surface area contributed by atoms with Crippen LogP contribution in [0.15, 0.2) is 0 Å². The van der Waals surface area contributed by atoms with Crippen molar-refractivity contribution in [2.24, 2.45) is 5.73 Å². The number of nitrogens with two attached hydrogens (primary N) is 1. The molecule has 0 heterocycles. The molecule has 0 aliphatic carbocycles. The highest BCUT2D eigenvalue weighted by atomic mass is 16.6. The number of esters is 2. The maximum Gasteiger partial charge on any atom is 0.408 e. The minimum absolute atomic E-state index is 0.274. The van der Waals surface area contributed by atoms with E-state index in [1.165, 1.54) is 14.2 Å². The zero-order valence-corrected chi connectivity index (χ0v) is 13.8. The molecule has 2 atom stereocenters. The van der Waals surface area contributed by atoms with E-state index >= 15 is 0 Å². The van der Waals surface area contributed by atoms with Crippen LogP contribution in [0, 0.1) is 0 Å². The second-order valence-corrected chi connectivity index (χ2v) is 5.78. The van der Waals surface area contributed by atoms with Crippen LogP contribution in [-0.2, 0) is 23.8 Å². The van der Waals surface area contributed by atoms with E-state index < -0.39 is 35.7 Å². The molecule has 0 aromatic rings. The number of alkyl carbamates (subject to hydrolysis) is 1. The number of rotatable bonds is 7. The Labute approximate surface area is 130 Å². The quantitative estimate of drug-likeness (QED) is 0.524. The van der Waals surface area contributed by atoms with Crippen LogP contribution in [0.2, 0.25) is 0 Å². The van der Waals surface area contributed by atoms with Crippen molar-refractivity contribution in [1.29, 1.82) is 0 Å². The van der Waals surface area contributed by atoms with Crippen molar-refractivity contribution in [3.8, 4) is 0 Å². The Morgan fingerprint density at radius 3 is 2.05 bits per heavy atom. The second kappa shape index (κ2) is 9.24. The van der Waals surface area contributed by atoms with Crippen molar-refractivity contribution >= 4 is 18.0 Å². The van der Waals surface area contributed by atoms with Crippen LogP contribution >= 0.6 is 0 Å². The van der Waals surface area contributed by atoms with Gasteiger partial charge in [-0.2, -0.15) is 0 Å². The van der Waals surface area contributed by atoms with Gasteiger partial charge in [0, 0.05) is 0 Å². The molecule has 0 fully saturated rings. The van der Waals surface area contributed by atoms with Crippen molar-refractivity contribution in [3.63, 3.8) is 0 Å². The lowest BCUT2D eigenvalue weighted by atomic mass is 10.1. The molecular weight excluding hydrogens is 292 g/mol. The normalized spacial score (nSPS) is 13.7. The highest BCUT2D eigenvalue weighted by molar-refractivity contribution is 5.81. The van der Waals surface area contributed by atoms with E-state index in [4.69, 9.17) is 10.5 Å². The number of hydrogen-bond acceptors (Lipinski definition) is 7. The van der Waals surface area contributed by atoms with Crippen molar-refractivity contribution in [2.45, 2.75) is 57.7 Å². The van der Waals surface area contributed by atoms with E-state index in [0.29, 0.717) is 12.8 Å². The van der Waals surface area contributed by atoms with Crippen LogP contribution in [0.1, 0.15) is 40.0 Å². The Morgan fingerprint density at radius 2 is 1.59 bits per heavy atom. The summed E-state index contributed by atoms with van der Waals surface area (Å²) < 4.78 is 14.2. The van der Waals surface area contributed by atoms with Crippen LogP contribution in [0.4, 0.5) is 4.79 Å². The summed E-state index contributed by atoms with van der Waals surface area (Å²) in [6.07, 6.45) is 0.332. The van der Waals surface area contributed by atoms with E-state index in [0.717, 1.165) is 0 Å². The Kier molecular flexibility index (Phi) is 8.47. The number of methoxy groups -OCH3 is 2. The van der Waals surface area contributed by atoms with Crippen LogP contribution in [-0.4, -0.2) is 49.9 Å². The topological polar surface area (TPSA) is 117 Å². The van der Waals surface area contributed by atoms with Crippen LogP contribution in [0.3, 0.4) is 0 Å². The molecule has 0 saturated heterocycles. The number of amides is 1. The average Bonchev–Trinajstić information content (AvgIpc) is 2.42. The molecule has 0 bridgehead atoms. The molecule has 0 rings (SSSR count). The largest absolute Gasteiger partial charge is 0.468 e. The highest BCUT2D eigenvalue weighted by Crippen LogP contribution is 2.09. The molecule has 1 amide bonds. The van der Waals surface area contributed by atoms with E-state index in [2.05, 4.69) is 14.8 Å². The van der Waals surface area contributed by atoms with E-state index in [1.807, 2.05) is 0 Å². The van der Waals surface area contributed by atoms with Gasteiger partial charge >= 0.3 is 18.0 Å². The van der Waals surface area contributed by atoms with Gasteiger partial charge in [-0.1, -0.05) is 0 Å². The summed E-state index contributed by atoms with van der Waals surface area (Å²) in [5.41, 5.74) is 4.94. The monoisotopic (exact) mass is 318 g/mol. The lowest BCUT2D eigenvalue weighted by Crippen LogP contribution is -2.44. The van der Waals surface area contributed by atoms with Gasteiger partial charge in [0.15, 0.2) is 0 Å². The minimum Gasteiger partial charge on any atom is -0.468 e. The third-order valence-corrected chi connectivity index (χ3v) is 2.69.